The van der Waals surface area contributed by atoms with Gasteiger partial charge in [0.1, 0.15) is 0 Å². The fourth-order valence-corrected chi connectivity index (χ4v) is 2.79. The molecule has 8 heteroatoms. The van der Waals surface area contributed by atoms with E-state index in [1.807, 2.05) is 12.1 Å². The fraction of sp³-hybridized carbons (Fsp3) is 0.389. The van der Waals surface area contributed by atoms with Crippen LogP contribution >= 0.6 is 0 Å². The zero-order valence-electron chi connectivity index (χ0n) is 14.6. The van der Waals surface area contributed by atoms with Crippen LogP contribution in [0.25, 0.3) is 11.4 Å². The van der Waals surface area contributed by atoms with Crippen molar-refractivity contribution >= 4 is 12.0 Å². The van der Waals surface area contributed by atoms with Gasteiger partial charge in [-0.3, -0.25) is 9.78 Å². The van der Waals surface area contributed by atoms with Crippen molar-refractivity contribution in [2.24, 2.45) is 0 Å². The van der Waals surface area contributed by atoms with Crippen LogP contribution in [-0.2, 0) is 4.74 Å². The number of nitrogens with one attached hydrogen (secondary N) is 1. The molecule has 136 valence electrons. The molecule has 0 bridgehead atoms. The molecule has 2 aromatic heterocycles. The molecule has 1 aliphatic rings. The monoisotopic (exact) mass is 355 g/mol. The molecule has 0 aromatic carbocycles. The molecule has 3 rings (SSSR count). The van der Waals surface area contributed by atoms with Crippen molar-refractivity contribution in [3.8, 4) is 11.4 Å². The van der Waals surface area contributed by atoms with Crippen molar-refractivity contribution in [1.29, 1.82) is 0 Å². The number of piperidine rings is 1. The van der Waals surface area contributed by atoms with E-state index in [1.165, 1.54) is 12.4 Å². The predicted molar refractivity (Wildman–Crippen MR) is 94.3 cm³/mol. The highest BCUT2D eigenvalue weighted by atomic mass is 16.6. The van der Waals surface area contributed by atoms with Crippen LogP contribution in [-0.4, -0.2) is 57.6 Å². The van der Waals surface area contributed by atoms with Gasteiger partial charge in [-0.15, -0.1) is 0 Å². The third kappa shape index (κ3) is 4.33. The molecule has 2 aromatic rings. The van der Waals surface area contributed by atoms with E-state index in [4.69, 9.17) is 4.74 Å². The lowest BCUT2D eigenvalue weighted by Gasteiger charge is -2.31. The number of hydrogen-bond donors (Lipinski definition) is 1. The van der Waals surface area contributed by atoms with E-state index in [0.717, 1.165) is 5.56 Å². The molecular formula is C18H21N5O3. The highest BCUT2D eigenvalue weighted by molar-refractivity contribution is 5.93. The molecule has 3 heterocycles. The van der Waals surface area contributed by atoms with Gasteiger partial charge in [-0.05, 0) is 31.9 Å². The molecule has 1 fully saturated rings. The fourth-order valence-electron chi connectivity index (χ4n) is 2.79. The summed E-state index contributed by atoms with van der Waals surface area (Å²) in [5.74, 6) is 0.340. The number of amides is 2. The summed E-state index contributed by atoms with van der Waals surface area (Å²) in [6.07, 6.45) is 7.47. The molecule has 0 radical (unpaired) electrons. The van der Waals surface area contributed by atoms with Crippen LogP contribution in [0.3, 0.4) is 0 Å². The molecule has 0 aliphatic carbocycles. The first-order valence-electron chi connectivity index (χ1n) is 8.62. The Morgan fingerprint density at radius 3 is 2.46 bits per heavy atom. The van der Waals surface area contributed by atoms with Crippen LogP contribution < -0.4 is 5.32 Å². The molecule has 2 amide bonds. The summed E-state index contributed by atoms with van der Waals surface area (Å²) in [6, 6.07) is 3.65. The Hall–Kier alpha value is -3.03. The van der Waals surface area contributed by atoms with E-state index in [9.17, 15) is 9.59 Å². The number of carbonyl (C=O) groups excluding carboxylic acids is 2. The summed E-state index contributed by atoms with van der Waals surface area (Å²) < 4.78 is 4.99. The number of carbonyl (C=O) groups is 2. The molecule has 1 aliphatic heterocycles. The van der Waals surface area contributed by atoms with Crippen LogP contribution in [0.15, 0.2) is 36.9 Å². The van der Waals surface area contributed by atoms with E-state index in [2.05, 4.69) is 20.3 Å². The molecule has 0 atom stereocenters. The van der Waals surface area contributed by atoms with Crippen molar-refractivity contribution in [2.75, 3.05) is 19.7 Å². The first kappa shape index (κ1) is 17.8. The maximum absolute atomic E-state index is 12.4. The van der Waals surface area contributed by atoms with Gasteiger partial charge in [0.25, 0.3) is 5.91 Å². The number of aromatic nitrogens is 3. The van der Waals surface area contributed by atoms with E-state index in [1.54, 1.807) is 24.2 Å². The van der Waals surface area contributed by atoms with E-state index in [0.29, 0.717) is 43.9 Å². The molecule has 1 N–H and O–H groups in total. The van der Waals surface area contributed by atoms with Crippen molar-refractivity contribution < 1.29 is 14.3 Å². The minimum atomic E-state index is -0.294. The van der Waals surface area contributed by atoms with Gasteiger partial charge in [-0.25, -0.2) is 14.8 Å². The van der Waals surface area contributed by atoms with E-state index in [-0.39, 0.29) is 18.0 Å². The molecule has 1 saturated heterocycles. The van der Waals surface area contributed by atoms with Gasteiger partial charge < -0.3 is 15.0 Å². The standard InChI is InChI=1S/C18H21N5O3/c1-2-26-18(25)23-9-5-15(6-10-23)22-17(24)14-11-20-16(21-12-14)13-3-7-19-8-4-13/h3-4,7-8,11-12,15H,2,5-6,9-10H2,1H3,(H,22,24). The summed E-state index contributed by atoms with van der Waals surface area (Å²) in [6.45, 7) is 3.29. The Labute approximate surface area is 151 Å². The first-order valence-corrected chi connectivity index (χ1v) is 8.62. The maximum Gasteiger partial charge on any atom is 0.409 e. The topological polar surface area (TPSA) is 97.3 Å². The Balaban J connectivity index is 1.53. The average Bonchev–Trinajstić information content (AvgIpc) is 2.69. The number of nitrogens with zero attached hydrogens (tertiary/aromatic N) is 4. The predicted octanol–water partition coefficient (Wildman–Crippen LogP) is 1.89. The summed E-state index contributed by atoms with van der Waals surface area (Å²) in [7, 11) is 0. The zero-order valence-corrected chi connectivity index (χ0v) is 14.6. The molecular weight excluding hydrogens is 334 g/mol. The van der Waals surface area contributed by atoms with Gasteiger partial charge in [0.15, 0.2) is 5.82 Å². The number of hydrogen-bond acceptors (Lipinski definition) is 6. The highest BCUT2D eigenvalue weighted by Gasteiger charge is 2.25. The summed E-state index contributed by atoms with van der Waals surface area (Å²) in [4.78, 5) is 38.2. The second-order valence-corrected chi connectivity index (χ2v) is 5.96. The Morgan fingerprint density at radius 1 is 1.19 bits per heavy atom. The normalized spacial score (nSPS) is 14.7. The minimum Gasteiger partial charge on any atom is -0.450 e. The Morgan fingerprint density at radius 2 is 1.85 bits per heavy atom. The average molecular weight is 355 g/mol. The highest BCUT2D eigenvalue weighted by Crippen LogP contribution is 2.14. The number of likely N-dealkylation sites (tertiary alicyclic amines) is 1. The van der Waals surface area contributed by atoms with E-state index < -0.39 is 0 Å². The zero-order chi connectivity index (χ0) is 18.4. The maximum atomic E-state index is 12.4. The lowest BCUT2D eigenvalue weighted by molar-refractivity contribution is 0.0859. The molecule has 26 heavy (non-hydrogen) atoms. The SMILES string of the molecule is CCOC(=O)N1CCC(NC(=O)c2cnc(-c3ccncc3)nc2)CC1. The van der Waals surface area contributed by atoms with Gasteiger partial charge in [-0.1, -0.05) is 0 Å². The third-order valence-corrected chi connectivity index (χ3v) is 4.21. The molecule has 0 spiro atoms. The smallest absolute Gasteiger partial charge is 0.409 e. The summed E-state index contributed by atoms with van der Waals surface area (Å²) in [5.41, 5.74) is 1.26. The second-order valence-electron chi connectivity index (χ2n) is 5.96. The second kappa shape index (κ2) is 8.37. The number of ether oxygens (including phenoxy) is 1. The number of pyridine rings is 1. The van der Waals surface area contributed by atoms with Gasteiger partial charge in [0, 0.05) is 49.5 Å². The van der Waals surface area contributed by atoms with Crippen molar-refractivity contribution in [3.05, 3.63) is 42.5 Å². The number of rotatable bonds is 4. The Bertz CT molecular complexity index is 743. The van der Waals surface area contributed by atoms with Gasteiger partial charge >= 0.3 is 6.09 Å². The van der Waals surface area contributed by atoms with E-state index >= 15 is 0 Å². The lowest BCUT2D eigenvalue weighted by Crippen LogP contribution is -2.46. The first-order chi connectivity index (χ1) is 12.7. The van der Waals surface area contributed by atoms with Crippen LogP contribution in [0.4, 0.5) is 4.79 Å². The van der Waals surface area contributed by atoms with Gasteiger partial charge in [0.05, 0.1) is 12.2 Å². The van der Waals surface area contributed by atoms with Crippen LogP contribution in [0.2, 0.25) is 0 Å². The minimum absolute atomic E-state index is 0.0213. The molecule has 0 saturated carbocycles. The van der Waals surface area contributed by atoms with Gasteiger partial charge in [0.2, 0.25) is 0 Å². The largest absolute Gasteiger partial charge is 0.450 e. The van der Waals surface area contributed by atoms with Crippen molar-refractivity contribution in [3.63, 3.8) is 0 Å². The van der Waals surface area contributed by atoms with Crippen LogP contribution in [0.5, 0.6) is 0 Å². The quantitative estimate of drug-likeness (QED) is 0.899. The molecule has 8 nitrogen and oxygen atoms in total. The molecule has 0 unspecified atom stereocenters. The summed E-state index contributed by atoms with van der Waals surface area (Å²) >= 11 is 0. The van der Waals surface area contributed by atoms with Crippen molar-refractivity contribution in [2.45, 2.75) is 25.8 Å². The van der Waals surface area contributed by atoms with Crippen LogP contribution in [0, 0.1) is 0 Å². The Kier molecular flexibility index (Phi) is 5.73. The third-order valence-electron chi connectivity index (χ3n) is 4.21. The van der Waals surface area contributed by atoms with Crippen molar-refractivity contribution in [1.82, 2.24) is 25.2 Å². The lowest BCUT2D eigenvalue weighted by atomic mass is 10.1. The summed E-state index contributed by atoms with van der Waals surface area (Å²) in [5, 5.41) is 2.98. The van der Waals surface area contributed by atoms with Crippen LogP contribution in [0.1, 0.15) is 30.1 Å². The van der Waals surface area contributed by atoms with Gasteiger partial charge in [-0.2, -0.15) is 0 Å².